The molecule has 3 aromatic rings. The molecule has 0 amide bonds. The lowest BCUT2D eigenvalue weighted by Gasteiger charge is -2.10. The van der Waals surface area contributed by atoms with Crippen molar-refractivity contribution in [2.24, 2.45) is 0 Å². The minimum Gasteiger partial charge on any atom is -0.423 e. The molecule has 0 aliphatic carbocycles. The largest absolute Gasteiger partial charge is 0.423 e. The van der Waals surface area contributed by atoms with Gasteiger partial charge in [-0.3, -0.25) is 4.79 Å². The monoisotopic (exact) mass is 514 g/mol. The van der Waals surface area contributed by atoms with Gasteiger partial charge in [-0.05, 0) is 79.3 Å². The number of carbonyl (C=O) groups excluding carboxylic acids is 3. The Morgan fingerprint density at radius 2 is 1.13 bits per heavy atom. The third-order valence-corrected chi connectivity index (χ3v) is 6.54. The fourth-order valence-electron chi connectivity index (χ4n) is 4.23. The van der Waals surface area contributed by atoms with Gasteiger partial charge in [-0.15, -0.1) is 0 Å². The molecule has 0 aliphatic rings. The van der Waals surface area contributed by atoms with Gasteiger partial charge in [0.1, 0.15) is 11.5 Å². The summed E-state index contributed by atoms with van der Waals surface area (Å²) >= 11 is 0. The Morgan fingerprint density at radius 3 is 1.61 bits per heavy atom. The minimum absolute atomic E-state index is 0.112. The number of carbonyl (C=O) groups is 3. The Balaban J connectivity index is 1.57. The zero-order chi connectivity index (χ0) is 27.2. The zero-order valence-electron chi connectivity index (χ0n) is 22.5. The fourth-order valence-corrected chi connectivity index (χ4v) is 4.23. The van der Waals surface area contributed by atoms with Gasteiger partial charge in [0.2, 0.25) is 0 Å². The molecular weight excluding hydrogens is 476 g/mol. The van der Waals surface area contributed by atoms with Gasteiger partial charge in [-0.1, -0.05) is 76.6 Å². The summed E-state index contributed by atoms with van der Waals surface area (Å²) in [4.78, 5) is 36.9. The molecule has 0 bridgehead atoms. The summed E-state index contributed by atoms with van der Waals surface area (Å²) in [6, 6.07) is 19.1. The van der Waals surface area contributed by atoms with Crippen molar-refractivity contribution in [3.63, 3.8) is 0 Å². The molecule has 3 aromatic carbocycles. The Morgan fingerprint density at radius 1 is 0.632 bits per heavy atom. The van der Waals surface area contributed by atoms with E-state index in [1.165, 1.54) is 67.9 Å². The second-order valence-corrected chi connectivity index (χ2v) is 9.61. The number of benzene rings is 3. The maximum Gasteiger partial charge on any atom is 0.343 e. The Kier molecular flexibility index (Phi) is 11.8. The van der Waals surface area contributed by atoms with Crippen LogP contribution in [0.4, 0.5) is 0 Å². The molecule has 0 saturated carbocycles. The summed E-state index contributed by atoms with van der Waals surface area (Å²) in [7, 11) is 0. The van der Waals surface area contributed by atoms with E-state index >= 15 is 0 Å². The predicted octanol–water partition coefficient (Wildman–Crippen LogP) is 8.18. The SMILES string of the molecule is CCCCCCc1ccc(C(=O)Oc2ccc(OC(=O)c3ccc(CCCCCC)cc3)c(C=O)c2)cc1. The molecule has 0 aliphatic heterocycles. The average molecular weight is 515 g/mol. The molecule has 0 radical (unpaired) electrons. The molecule has 5 heteroatoms. The highest BCUT2D eigenvalue weighted by atomic mass is 16.5. The molecular formula is C33H38O5. The van der Waals surface area contributed by atoms with Crippen molar-refractivity contribution in [1.29, 1.82) is 0 Å². The van der Waals surface area contributed by atoms with Crippen LogP contribution in [-0.4, -0.2) is 18.2 Å². The minimum atomic E-state index is -0.551. The predicted molar refractivity (Wildman–Crippen MR) is 150 cm³/mol. The van der Waals surface area contributed by atoms with Gasteiger partial charge >= 0.3 is 11.9 Å². The van der Waals surface area contributed by atoms with Gasteiger partial charge in [-0.2, -0.15) is 0 Å². The first-order valence-electron chi connectivity index (χ1n) is 13.8. The van der Waals surface area contributed by atoms with Gasteiger partial charge in [0.15, 0.2) is 6.29 Å². The number of hydrogen-bond donors (Lipinski definition) is 0. The molecule has 38 heavy (non-hydrogen) atoms. The number of unbranched alkanes of at least 4 members (excludes halogenated alkanes) is 6. The van der Waals surface area contributed by atoms with Crippen LogP contribution in [0.3, 0.4) is 0 Å². The van der Waals surface area contributed by atoms with Crippen LogP contribution >= 0.6 is 0 Å². The lowest BCUT2D eigenvalue weighted by molar-refractivity contribution is 0.0717. The van der Waals surface area contributed by atoms with Crippen molar-refractivity contribution in [2.75, 3.05) is 0 Å². The number of ether oxygens (including phenoxy) is 2. The van der Waals surface area contributed by atoms with Crippen LogP contribution in [0, 0.1) is 0 Å². The van der Waals surface area contributed by atoms with Gasteiger partial charge in [0.05, 0.1) is 16.7 Å². The van der Waals surface area contributed by atoms with Gasteiger partial charge < -0.3 is 9.47 Å². The Bertz CT molecular complexity index is 1180. The number of hydrogen-bond acceptors (Lipinski definition) is 5. The molecule has 0 saturated heterocycles. The van der Waals surface area contributed by atoms with Crippen molar-refractivity contribution in [3.05, 3.63) is 94.5 Å². The van der Waals surface area contributed by atoms with Crippen LogP contribution < -0.4 is 9.47 Å². The molecule has 0 aromatic heterocycles. The van der Waals surface area contributed by atoms with Gasteiger partial charge in [-0.25, -0.2) is 9.59 Å². The molecule has 0 heterocycles. The first-order chi connectivity index (χ1) is 18.5. The lowest BCUT2D eigenvalue weighted by Crippen LogP contribution is -2.11. The first kappa shape index (κ1) is 28.8. The van der Waals surface area contributed by atoms with Crippen LogP contribution in [0.1, 0.15) is 107 Å². The van der Waals surface area contributed by atoms with Crippen LogP contribution in [0.25, 0.3) is 0 Å². The number of aldehydes is 1. The third-order valence-electron chi connectivity index (χ3n) is 6.54. The van der Waals surface area contributed by atoms with Crippen LogP contribution in [0.2, 0.25) is 0 Å². The molecule has 3 rings (SSSR count). The maximum absolute atomic E-state index is 12.6. The highest BCUT2D eigenvalue weighted by Gasteiger charge is 2.15. The number of rotatable bonds is 15. The summed E-state index contributed by atoms with van der Waals surface area (Å²) in [6.07, 6.45) is 12.1. The summed E-state index contributed by atoms with van der Waals surface area (Å²) < 4.78 is 10.9. The Hall–Kier alpha value is -3.73. The van der Waals surface area contributed by atoms with Crippen molar-refractivity contribution in [2.45, 2.75) is 78.1 Å². The standard InChI is InChI=1S/C33H38O5/c1-3-5-7-9-11-25-13-17-27(18-14-25)32(35)37-30-21-22-31(29(23-30)24-34)38-33(36)28-19-15-26(16-20-28)12-10-8-6-4-2/h13-24H,3-12H2,1-2H3. The quantitative estimate of drug-likeness (QED) is 0.0885. The Labute approximate surface area is 226 Å². The molecule has 5 nitrogen and oxygen atoms in total. The fraction of sp³-hybridized carbons (Fsp3) is 0.364. The van der Waals surface area contributed by atoms with Crippen molar-refractivity contribution in [3.8, 4) is 11.5 Å². The molecule has 0 unspecified atom stereocenters. The summed E-state index contributed by atoms with van der Waals surface area (Å²) in [5.41, 5.74) is 3.33. The topological polar surface area (TPSA) is 69.7 Å². The van der Waals surface area contributed by atoms with E-state index in [2.05, 4.69) is 13.8 Å². The summed E-state index contributed by atoms with van der Waals surface area (Å²) in [6.45, 7) is 4.38. The zero-order valence-corrected chi connectivity index (χ0v) is 22.5. The third kappa shape index (κ3) is 8.98. The number of esters is 2. The van der Waals surface area contributed by atoms with Gasteiger partial charge in [0, 0.05) is 0 Å². The number of aryl methyl sites for hydroxylation is 2. The van der Waals surface area contributed by atoms with E-state index in [4.69, 9.17) is 9.47 Å². The molecule has 0 spiro atoms. The van der Waals surface area contributed by atoms with Crippen LogP contribution in [0.15, 0.2) is 66.7 Å². The van der Waals surface area contributed by atoms with E-state index in [0.29, 0.717) is 17.4 Å². The average Bonchev–Trinajstić information content (AvgIpc) is 2.95. The molecule has 0 N–H and O–H groups in total. The van der Waals surface area contributed by atoms with E-state index < -0.39 is 11.9 Å². The van der Waals surface area contributed by atoms with E-state index in [1.54, 1.807) is 24.3 Å². The van der Waals surface area contributed by atoms with Crippen molar-refractivity contribution < 1.29 is 23.9 Å². The van der Waals surface area contributed by atoms with Crippen LogP contribution in [-0.2, 0) is 12.8 Å². The van der Waals surface area contributed by atoms with Crippen molar-refractivity contribution >= 4 is 18.2 Å². The van der Waals surface area contributed by atoms with Crippen molar-refractivity contribution in [1.82, 2.24) is 0 Å². The molecule has 0 fully saturated rings. The summed E-state index contributed by atoms with van der Waals surface area (Å²) in [5.74, 6) is -0.752. The smallest absolute Gasteiger partial charge is 0.343 e. The van der Waals surface area contributed by atoms with Crippen LogP contribution in [0.5, 0.6) is 11.5 Å². The van der Waals surface area contributed by atoms with E-state index in [1.807, 2.05) is 24.3 Å². The highest BCUT2D eigenvalue weighted by molar-refractivity contribution is 5.93. The van der Waals surface area contributed by atoms with E-state index in [9.17, 15) is 14.4 Å². The highest BCUT2D eigenvalue weighted by Crippen LogP contribution is 2.25. The maximum atomic E-state index is 12.6. The first-order valence-corrected chi connectivity index (χ1v) is 13.8. The lowest BCUT2D eigenvalue weighted by atomic mass is 10.0. The second kappa shape index (κ2) is 15.5. The summed E-state index contributed by atoms with van der Waals surface area (Å²) in [5, 5.41) is 0. The van der Waals surface area contributed by atoms with E-state index in [-0.39, 0.29) is 17.1 Å². The normalized spacial score (nSPS) is 10.7. The van der Waals surface area contributed by atoms with E-state index in [0.717, 1.165) is 25.7 Å². The molecule has 200 valence electrons. The second-order valence-electron chi connectivity index (χ2n) is 9.61. The van der Waals surface area contributed by atoms with Gasteiger partial charge in [0.25, 0.3) is 0 Å². The molecule has 0 atom stereocenters.